The van der Waals surface area contributed by atoms with Crippen molar-refractivity contribution in [3.63, 3.8) is 0 Å². The Kier molecular flexibility index (Phi) is 4.45. The Morgan fingerprint density at radius 3 is 2.96 bits per heavy atom. The zero-order chi connectivity index (χ0) is 17.3. The van der Waals surface area contributed by atoms with Crippen LogP contribution in [0.25, 0.3) is 0 Å². The molecule has 2 N–H and O–H groups in total. The van der Waals surface area contributed by atoms with Gasteiger partial charge in [-0.25, -0.2) is 0 Å². The lowest BCUT2D eigenvalue weighted by Gasteiger charge is -2.23. The number of nitrogens with one attached hydrogen (secondary N) is 1. The number of aldehydes is 1. The monoisotopic (exact) mass is 333 g/mol. The van der Waals surface area contributed by atoms with E-state index in [1.54, 1.807) is 22.0 Å². The van der Waals surface area contributed by atoms with Crippen LogP contribution in [0.2, 0.25) is 0 Å². The fourth-order valence-electron chi connectivity index (χ4n) is 2.96. The van der Waals surface area contributed by atoms with Crippen LogP contribution in [0, 0.1) is 13.8 Å². The smallest absolute Gasteiger partial charge is 0.219 e. The second kappa shape index (κ2) is 6.54. The molecule has 0 bridgehead atoms. The van der Waals surface area contributed by atoms with Gasteiger partial charge in [-0.2, -0.15) is 5.10 Å². The fraction of sp³-hybridized carbons (Fsp3) is 0.467. The Bertz CT molecular complexity index is 733. The third-order valence-corrected chi connectivity index (χ3v) is 4.30. The molecule has 2 atom stereocenters. The molecule has 0 saturated carbocycles. The van der Waals surface area contributed by atoms with E-state index in [1.807, 2.05) is 13.8 Å². The fourth-order valence-corrected chi connectivity index (χ4v) is 2.96. The third-order valence-electron chi connectivity index (χ3n) is 4.30. The molecule has 3 heterocycles. The lowest BCUT2D eigenvalue weighted by molar-refractivity contribution is -0.131. The summed E-state index contributed by atoms with van der Waals surface area (Å²) in [6.07, 6.45) is 3.71. The topological polar surface area (TPSA) is 113 Å². The SMILES string of the molecule is Cc1noc(C)c1Cn1cc(N2CNC(CO)C2C(=O)C=O)cn1. The average Bonchev–Trinajstić information content (AvgIpc) is 3.28. The number of nitrogens with zero attached hydrogens (tertiary/aromatic N) is 4. The first-order chi connectivity index (χ1) is 11.5. The van der Waals surface area contributed by atoms with Gasteiger partial charge in [0.05, 0.1) is 43.4 Å². The number of ketones is 1. The summed E-state index contributed by atoms with van der Waals surface area (Å²) in [5.74, 6) is 0.166. The van der Waals surface area contributed by atoms with Gasteiger partial charge in [-0.1, -0.05) is 5.16 Å². The second-order valence-electron chi connectivity index (χ2n) is 5.78. The van der Waals surface area contributed by atoms with Crippen molar-refractivity contribution in [3.8, 4) is 0 Å². The zero-order valence-corrected chi connectivity index (χ0v) is 13.5. The van der Waals surface area contributed by atoms with Crippen LogP contribution in [0.3, 0.4) is 0 Å². The highest BCUT2D eigenvalue weighted by atomic mass is 16.5. The van der Waals surface area contributed by atoms with Crippen molar-refractivity contribution in [1.29, 1.82) is 0 Å². The molecule has 2 aromatic rings. The molecule has 1 aliphatic rings. The van der Waals surface area contributed by atoms with Crippen LogP contribution in [0.4, 0.5) is 5.69 Å². The van der Waals surface area contributed by atoms with E-state index in [1.165, 1.54) is 0 Å². The Hall–Kier alpha value is -2.52. The van der Waals surface area contributed by atoms with Crippen molar-refractivity contribution < 1.29 is 19.2 Å². The molecule has 0 aliphatic carbocycles. The molecule has 1 fully saturated rings. The Labute approximate surface area is 138 Å². The van der Waals surface area contributed by atoms with Gasteiger partial charge in [-0.05, 0) is 13.8 Å². The first kappa shape index (κ1) is 16.3. The van der Waals surface area contributed by atoms with E-state index in [4.69, 9.17) is 4.52 Å². The first-order valence-corrected chi connectivity index (χ1v) is 7.59. The van der Waals surface area contributed by atoms with E-state index in [0.29, 0.717) is 25.2 Å². The van der Waals surface area contributed by atoms with Crippen molar-refractivity contribution in [1.82, 2.24) is 20.3 Å². The summed E-state index contributed by atoms with van der Waals surface area (Å²) in [5.41, 5.74) is 2.46. The summed E-state index contributed by atoms with van der Waals surface area (Å²) in [4.78, 5) is 24.5. The second-order valence-corrected chi connectivity index (χ2v) is 5.78. The van der Waals surface area contributed by atoms with Crippen molar-refractivity contribution in [2.45, 2.75) is 32.5 Å². The molecule has 0 spiro atoms. The quantitative estimate of drug-likeness (QED) is 0.532. The van der Waals surface area contributed by atoms with Gasteiger partial charge >= 0.3 is 0 Å². The third kappa shape index (κ3) is 2.83. The van der Waals surface area contributed by atoms with E-state index in [0.717, 1.165) is 17.0 Å². The van der Waals surface area contributed by atoms with E-state index >= 15 is 0 Å². The van der Waals surface area contributed by atoms with Gasteiger partial charge in [0.15, 0.2) is 6.29 Å². The molecule has 24 heavy (non-hydrogen) atoms. The molecule has 3 rings (SSSR count). The van der Waals surface area contributed by atoms with Crippen LogP contribution in [0.15, 0.2) is 16.9 Å². The molecule has 1 saturated heterocycles. The van der Waals surface area contributed by atoms with Gasteiger partial charge in [-0.3, -0.25) is 19.6 Å². The highest BCUT2D eigenvalue weighted by Crippen LogP contribution is 2.23. The molecular formula is C15H19N5O4. The Balaban J connectivity index is 1.82. The standard InChI is InChI=1S/C15H19N5O4/c1-9-12(10(2)24-18-9)5-19-4-11(3-17-19)20-8-16-13(6-21)15(20)14(23)7-22/h3-4,7,13,15-16,21H,5-6,8H2,1-2H3. The number of aliphatic hydroxyl groups excluding tert-OH is 1. The maximum absolute atomic E-state index is 11.9. The number of carbonyl (C=O) groups excluding carboxylic acids is 2. The molecule has 1 aliphatic heterocycles. The minimum absolute atomic E-state index is 0.228. The molecule has 9 nitrogen and oxygen atoms in total. The van der Waals surface area contributed by atoms with Crippen LogP contribution in [0.5, 0.6) is 0 Å². The number of rotatable bonds is 6. The lowest BCUT2D eigenvalue weighted by Crippen LogP contribution is -2.45. The summed E-state index contributed by atoms with van der Waals surface area (Å²) in [6, 6.07) is -1.21. The largest absolute Gasteiger partial charge is 0.395 e. The predicted molar refractivity (Wildman–Crippen MR) is 83.5 cm³/mol. The number of aryl methyl sites for hydroxylation is 2. The maximum atomic E-state index is 11.9. The molecule has 0 aromatic carbocycles. The lowest BCUT2D eigenvalue weighted by atomic mass is 10.1. The molecule has 128 valence electrons. The average molecular weight is 333 g/mol. The number of carbonyl (C=O) groups is 2. The normalized spacial score (nSPS) is 20.5. The van der Waals surface area contributed by atoms with Crippen LogP contribution in [-0.2, 0) is 16.1 Å². The first-order valence-electron chi connectivity index (χ1n) is 7.59. The van der Waals surface area contributed by atoms with Crippen LogP contribution >= 0.6 is 0 Å². The number of anilines is 1. The van der Waals surface area contributed by atoms with Crippen molar-refractivity contribution in [2.24, 2.45) is 0 Å². The Morgan fingerprint density at radius 2 is 2.33 bits per heavy atom. The Morgan fingerprint density at radius 1 is 1.54 bits per heavy atom. The molecule has 9 heteroatoms. The van der Waals surface area contributed by atoms with E-state index < -0.39 is 17.9 Å². The predicted octanol–water partition coefficient (Wildman–Crippen LogP) is -0.599. The van der Waals surface area contributed by atoms with Gasteiger partial charge in [0.1, 0.15) is 11.8 Å². The van der Waals surface area contributed by atoms with Crippen LogP contribution < -0.4 is 10.2 Å². The number of Topliss-reactive ketones (excluding diaryl/α,β-unsaturated/α-hetero) is 1. The van der Waals surface area contributed by atoms with Crippen molar-refractivity contribution in [3.05, 3.63) is 29.4 Å². The zero-order valence-electron chi connectivity index (χ0n) is 13.5. The molecular weight excluding hydrogens is 314 g/mol. The number of hydrogen-bond acceptors (Lipinski definition) is 8. The summed E-state index contributed by atoms with van der Waals surface area (Å²) in [7, 11) is 0. The summed E-state index contributed by atoms with van der Waals surface area (Å²) in [6.45, 7) is 4.33. The van der Waals surface area contributed by atoms with Crippen molar-refractivity contribution in [2.75, 3.05) is 18.2 Å². The summed E-state index contributed by atoms with van der Waals surface area (Å²) >= 11 is 0. The maximum Gasteiger partial charge on any atom is 0.219 e. The van der Waals surface area contributed by atoms with Gasteiger partial charge in [-0.15, -0.1) is 0 Å². The highest BCUT2D eigenvalue weighted by Gasteiger charge is 2.39. The van der Waals surface area contributed by atoms with Crippen molar-refractivity contribution >= 4 is 17.8 Å². The summed E-state index contributed by atoms with van der Waals surface area (Å²) < 4.78 is 6.86. The molecule has 2 aromatic heterocycles. The number of aliphatic hydroxyl groups is 1. The van der Waals surface area contributed by atoms with E-state index in [-0.39, 0.29) is 6.61 Å². The molecule has 2 unspecified atom stereocenters. The number of hydrogen-bond donors (Lipinski definition) is 2. The van der Waals surface area contributed by atoms with Gasteiger partial charge in [0.2, 0.25) is 5.78 Å². The van der Waals surface area contributed by atoms with Crippen LogP contribution in [-0.4, -0.2) is 57.5 Å². The van der Waals surface area contributed by atoms with E-state index in [2.05, 4.69) is 15.6 Å². The minimum atomic E-state index is -0.732. The molecule has 0 amide bonds. The van der Waals surface area contributed by atoms with Crippen LogP contribution in [0.1, 0.15) is 17.0 Å². The number of aromatic nitrogens is 3. The van der Waals surface area contributed by atoms with Gasteiger partial charge < -0.3 is 14.5 Å². The summed E-state index contributed by atoms with van der Waals surface area (Å²) in [5, 5.41) is 20.6. The van der Waals surface area contributed by atoms with E-state index in [9.17, 15) is 14.7 Å². The minimum Gasteiger partial charge on any atom is -0.395 e. The van der Waals surface area contributed by atoms with Gasteiger partial charge in [0, 0.05) is 11.8 Å². The molecule has 0 radical (unpaired) electrons. The van der Waals surface area contributed by atoms with Gasteiger partial charge in [0.25, 0.3) is 0 Å². The highest BCUT2D eigenvalue weighted by molar-refractivity contribution is 6.28.